The minimum atomic E-state index is -2.92. The maximum absolute atomic E-state index is 12.5. The van der Waals surface area contributed by atoms with Gasteiger partial charge in [-0.05, 0) is 28.2 Å². The highest BCUT2D eigenvalue weighted by Crippen LogP contribution is 2.27. The van der Waals surface area contributed by atoms with Crippen molar-refractivity contribution in [1.29, 1.82) is 0 Å². The first kappa shape index (κ1) is 12.6. The monoisotopic (exact) mass is 347 g/mol. The Balaban J connectivity index is 3.49. The zero-order valence-electron chi connectivity index (χ0n) is 7.18. The molecule has 0 saturated carbocycles. The molecular formula is C8H5ClF2INO2. The molecule has 0 atom stereocenters. The van der Waals surface area contributed by atoms with E-state index in [2.05, 4.69) is 4.98 Å². The predicted molar refractivity (Wildman–Crippen MR) is 58.4 cm³/mol. The summed E-state index contributed by atoms with van der Waals surface area (Å²) in [6.07, 6.45) is -1.73. The van der Waals surface area contributed by atoms with Gasteiger partial charge in [0.15, 0.2) is 0 Å². The third-order valence-corrected chi connectivity index (χ3v) is 2.91. The zero-order valence-corrected chi connectivity index (χ0v) is 10.1. The molecule has 0 amide bonds. The summed E-state index contributed by atoms with van der Waals surface area (Å²) < 4.78 is 25.4. The molecule has 7 heteroatoms. The van der Waals surface area contributed by atoms with Crippen LogP contribution in [0.5, 0.6) is 0 Å². The van der Waals surface area contributed by atoms with Crippen molar-refractivity contribution >= 4 is 40.2 Å². The van der Waals surface area contributed by atoms with E-state index < -0.39 is 23.7 Å². The van der Waals surface area contributed by atoms with Crippen LogP contribution < -0.4 is 0 Å². The first-order valence-corrected chi connectivity index (χ1v) is 5.35. The number of hydrogen-bond donors (Lipinski definition) is 1. The Labute approximate surface area is 103 Å². The minimum absolute atomic E-state index is 0.137. The fraction of sp³-hybridized carbons (Fsp3) is 0.250. The van der Waals surface area contributed by atoms with E-state index >= 15 is 0 Å². The van der Waals surface area contributed by atoms with Gasteiger partial charge in [-0.2, -0.15) is 0 Å². The van der Waals surface area contributed by atoms with Crippen molar-refractivity contribution in [1.82, 2.24) is 4.98 Å². The second-order valence-corrected chi connectivity index (χ2v) is 4.01. The summed E-state index contributed by atoms with van der Waals surface area (Å²) in [4.78, 5) is 14.2. The fourth-order valence-electron chi connectivity index (χ4n) is 1.08. The second-order valence-electron chi connectivity index (χ2n) is 2.58. The largest absolute Gasteiger partial charge is 0.478 e. The quantitative estimate of drug-likeness (QED) is 0.675. The predicted octanol–water partition coefficient (Wildman–Crippen LogP) is 3.06. The molecule has 0 aliphatic carbocycles. The lowest BCUT2D eigenvalue weighted by Crippen LogP contribution is -2.10. The smallest absolute Gasteiger partial charge is 0.338 e. The standard InChI is InChI=1S/C8H5ClF2INO2/c9-1-3-4(12)2-13-6(7(10)11)5(3)8(14)15/h2,7H,1H2,(H,14,15). The van der Waals surface area contributed by atoms with E-state index in [9.17, 15) is 13.6 Å². The molecule has 82 valence electrons. The molecule has 1 N–H and O–H groups in total. The number of rotatable bonds is 3. The number of aromatic carboxylic acids is 1. The molecule has 0 unspecified atom stereocenters. The normalized spacial score (nSPS) is 10.7. The van der Waals surface area contributed by atoms with Crippen molar-refractivity contribution in [2.24, 2.45) is 0 Å². The second kappa shape index (κ2) is 5.02. The molecule has 0 bridgehead atoms. The molecule has 1 aromatic rings. The Morgan fingerprint density at radius 3 is 2.67 bits per heavy atom. The van der Waals surface area contributed by atoms with Crippen LogP contribution in [-0.4, -0.2) is 16.1 Å². The van der Waals surface area contributed by atoms with Gasteiger partial charge >= 0.3 is 5.97 Å². The molecule has 0 saturated heterocycles. The first-order valence-electron chi connectivity index (χ1n) is 3.73. The third kappa shape index (κ3) is 2.54. The highest BCUT2D eigenvalue weighted by atomic mass is 127. The lowest BCUT2D eigenvalue weighted by atomic mass is 10.1. The minimum Gasteiger partial charge on any atom is -0.478 e. The lowest BCUT2D eigenvalue weighted by Gasteiger charge is -2.09. The Bertz CT molecular complexity index is 400. The Hall–Kier alpha value is -0.500. The zero-order chi connectivity index (χ0) is 11.6. The Morgan fingerprint density at radius 1 is 1.67 bits per heavy atom. The van der Waals surface area contributed by atoms with E-state index in [4.69, 9.17) is 16.7 Å². The van der Waals surface area contributed by atoms with Crippen LogP contribution in [-0.2, 0) is 5.88 Å². The Morgan fingerprint density at radius 2 is 2.27 bits per heavy atom. The van der Waals surface area contributed by atoms with Crippen LogP contribution in [0.25, 0.3) is 0 Å². The number of alkyl halides is 3. The van der Waals surface area contributed by atoms with E-state index in [1.165, 1.54) is 6.20 Å². The third-order valence-electron chi connectivity index (χ3n) is 1.72. The van der Waals surface area contributed by atoms with Gasteiger partial charge in [0.25, 0.3) is 6.43 Å². The molecule has 15 heavy (non-hydrogen) atoms. The molecule has 0 radical (unpaired) electrons. The van der Waals surface area contributed by atoms with Gasteiger partial charge in [0, 0.05) is 15.6 Å². The van der Waals surface area contributed by atoms with Gasteiger partial charge in [0.05, 0.1) is 5.56 Å². The first-order chi connectivity index (χ1) is 6.99. The van der Waals surface area contributed by atoms with Crippen molar-refractivity contribution in [2.45, 2.75) is 12.3 Å². The van der Waals surface area contributed by atoms with Crippen LogP contribution >= 0.6 is 34.2 Å². The van der Waals surface area contributed by atoms with E-state index in [0.29, 0.717) is 3.57 Å². The molecule has 0 fully saturated rings. The molecule has 0 aliphatic heterocycles. The van der Waals surface area contributed by atoms with Crippen LogP contribution in [0.15, 0.2) is 6.20 Å². The van der Waals surface area contributed by atoms with Crippen molar-refractivity contribution in [3.05, 3.63) is 26.6 Å². The van der Waals surface area contributed by atoms with Gasteiger partial charge in [-0.15, -0.1) is 11.6 Å². The number of carboxylic acid groups (broad SMARTS) is 1. The van der Waals surface area contributed by atoms with Gasteiger partial charge in [0.2, 0.25) is 0 Å². The number of aromatic nitrogens is 1. The van der Waals surface area contributed by atoms with Crippen LogP contribution in [0.1, 0.15) is 28.0 Å². The number of carbonyl (C=O) groups is 1. The maximum Gasteiger partial charge on any atom is 0.338 e. The van der Waals surface area contributed by atoms with Crippen molar-refractivity contribution in [3.8, 4) is 0 Å². The number of pyridine rings is 1. The maximum atomic E-state index is 12.5. The Kier molecular flexibility index (Phi) is 4.21. The fourth-order valence-corrected chi connectivity index (χ4v) is 2.18. The van der Waals surface area contributed by atoms with E-state index in [1.807, 2.05) is 0 Å². The molecule has 1 aromatic heterocycles. The van der Waals surface area contributed by atoms with Gasteiger partial charge in [-0.1, -0.05) is 0 Å². The topological polar surface area (TPSA) is 50.2 Å². The lowest BCUT2D eigenvalue weighted by molar-refractivity contribution is 0.0681. The molecular weight excluding hydrogens is 342 g/mol. The molecule has 0 aromatic carbocycles. The number of nitrogens with zero attached hydrogens (tertiary/aromatic N) is 1. The van der Waals surface area contributed by atoms with Crippen LogP contribution in [0, 0.1) is 3.57 Å². The average molecular weight is 347 g/mol. The molecule has 1 rings (SSSR count). The van der Waals surface area contributed by atoms with E-state index in [0.717, 1.165) is 0 Å². The summed E-state index contributed by atoms with van der Waals surface area (Å²) in [5, 5.41) is 8.82. The highest BCUT2D eigenvalue weighted by molar-refractivity contribution is 14.1. The molecule has 0 aliphatic rings. The van der Waals surface area contributed by atoms with Crippen molar-refractivity contribution in [3.63, 3.8) is 0 Å². The van der Waals surface area contributed by atoms with E-state index in [1.54, 1.807) is 22.6 Å². The highest BCUT2D eigenvalue weighted by Gasteiger charge is 2.24. The van der Waals surface area contributed by atoms with Crippen LogP contribution in [0.4, 0.5) is 8.78 Å². The summed E-state index contributed by atoms with van der Waals surface area (Å²) in [6, 6.07) is 0. The summed E-state index contributed by atoms with van der Waals surface area (Å²) in [5.74, 6) is -1.57. The number of carboxylic acids is 1. The summed E-state index contributed by atoms with van der Waals surface area (Å²) in [7, 11) is 0. The van der Waals surface area contributed by atoms with Crippen molar-refractivity contribution < 1.29 is 18.7 Å². The summed E-state index contributed by atoms with van der Waals surface area (Å²) >= 11 is 7.32. The van der Waals surface area contributed by atoms with Gasteiger partial charge in [0.1, 0.15) is 5.69 Å². The van der Waals surface area contributed by atoms with Gasteiger partial charge < -0.3 is 5.11 Å². The average Bonchev–Trinajstić information content (AvgIpc) is 2.16. The molecule has 3 nitrogen and oxygen atoms in total. The van der Waals surface area contributed by atoms with E-state index in [-0.39, 0.29) is 11.4 Å². The number of hydrogen-bond acceptors (Lipinski definition) is 2. The molecule has 0 spiro atoms. The van der Waals surface area contributed by atoms with Gasteiger partial charge in [-0.3, -0.25) is 4.98 Å². The van der Waals surface area contributed by atoms with Crippen molar-refractivity contribution in [2.75, 3.05) is 0 Å². The SMILES string of the molecule is O=C(O)c1c(C(F)F)ncc(I)c1CCl. The summed E-state index contributed by atoms with van der Waals surface area (Å²) in [6.45, 7) is 0. The van der Waals surface area contributed by atoms with Crippen LogP contribution in [0.3, 0.4) is 0 Å². The molecule has 1 heterocycles. The summed E-state index contributed by atoms with van der Waals surface area (Å²) in [5.41, 5.74) is -1.06. The van der Waals surface area contributed by atoms with Crippen LogP contribution in [0.2, 0.25) is 0 Å². The number of halogens is 4. The van der Waals surface area contributed by atoms with Gasteiger partial charge in [-0.25, -0.2) is 13.6 Å².